The Bertz CT molecular complexity index is 444. The van der Waals surface area contributed by atoms with E-state index in [0.717, 1.165) is 0 Å². The smallest absolute Gasteiger partial charge is 0.229 e. The molecule has 0 unspecified atom stereocenters. The molecule has 0 saturated carbocycles. The van der Waals surface area contributed by atoms with E-state index in [1.165, 1.54) is 0 Å². The first kappa shape index (κ1) is 11.7. The van der Waals surface area contributed by atoms with E-state index in [2.05, 4.69) is 0 Å². The Morgan fingerprint density at radius 3 is 3.00 bits per heavy atom. The van der Waals surface area contributed by atoms with Crippen molar-refractivity contribution in [2.24, 2.45) is 17.8 Å². The molecule has 4 atom stereocenters. The summed E-state index contributed by atoms with van der Waals surface area (Å²) in [4.78, 5) is 25.3. The zero-order chi connectivity index (χ0) is 13.1. The number of fused-ring (bicyclic) bond motifs is 1. The van der Waals surface area contributed by atoms with E-state index in [1.54, 1.807) is 11.0 Å². The van der Waals surface area contributed by atoms with Gasteiger partial charge in [-0.2, -0.15) is 0 Å². The number of carboxylic acids is 1. The summed E-state index contributed by atoms with van der Waals surface area (Å²) in [5, 5.41) is 11.2. The fraction of sp³-hybridized carbons (Fsp3) is 0.692. The number of rotatable bonds is 3. The van der Waals surface area contributed by atoms with Crippen LogP contribution in [0.2, 0.25) is 0 Å². The van der Waals surface area contributed by atoms with Crippen molar-refractivity contribution < 1.29 is 19.4 Å². The second kappa shape index (κ2) is 3.57. The zero-order valence-electron chi connectivity index (χ0n) is 10.5. The lowest BCUT2D eigenvalue weighted by molar-refractivity contribution is -0.313. The highest BCUT2D eigenvalue weighted by Gasteiger charge is 2.65. The lowest BCUT2D eigenvalue weighted by Gasteiger charge is -2.24. The molecule has 0 radical (unpaired) electrons. The van der Waals surface area contributed by atoms with Crippen LogP contribution in [-0.4, -0.2) is 41.6 Å². The number of aliphatic carboxylic acids is 1. The predicted octanol–water partition coefficient (Wildman–Crippen LogP) is -0.826. The van der Waals surface area contributed by atoms with E-state index in [-0.39, 0.29) is 5.91 Å². The average Bonchev–Trinajstić information content (AvgIpc) is 2.87. The molecule has 18 heavy (non-hydrogen) atoms. The lowest BCUT2D eigenvalue weighted by atomic mass is 9.77. The van der Waals surface area contributed by atoms with Gasteiger partial charge in [0.1, 0.15) is 5.60 Å². The van der Waals surface area contributed by atoms with E-state index < -0.39 is 29.5 Å². The maximum absolute atomic E-state index is 12.3. The highest BCUT2D eigenvalue weighted by molar-refractivity contribution is 5.90. The van der Waals surface area contributed by atoms with E-state index in [9.17, 15) is 14.7 Å². The van der Waals surface area contributed by atoms with Gasteiger partial charge in [-0.05, 0) is 5.92 Å². The van der Waals surface area contributed by atoms with Crippen molar-refractivity contribution in [3.63, 3.8) is 0 Å². The second-order valence-corrected chi connectivity index (χ2v) is 5.83. The minimum Gasteiger partial charge on any atom is -0.550 e. The van der Waals surface area contributed by atoms with Crippen LogP contribution in [0.1, 0.15) is 13.8 Å². The summed E-state index contributed by atoms with van der Waals surface area (Å²) in [5.41, 5.74) is -0.721. The van der Waals surface area contributed by atoms with Crippen molar-refractivity contribution in [1.29, 1.82) is 0 Å². The molecule has 0 aliphatic carbocycles. The van der Waals surface area contributed by atoms with Gasteiger partial charge in [-0.3, -0.25) is 4.79 Å². The third-order valence-corrected chi connectivity index (χ3v) is 4.04. The maximum atomic E-state index is 12.3. The molecule has 0 aromatic carbocycles. The van der Waals surface area contributed by atoms with Gasteiger partial charge < -0.3 is 19.5 Å². The fourth-order valence-corrected chi connectivity index (χ4v) is 3.44. The monoisotopic (exact) mass is 250 g/mol. The van der Waals surface area contributed by atoms with Crippen LogP contribution in [0.4, 0.5) is 0 Å². The van der Waals surface area contributed by atoms with Gasteiger partial charge in [0.2, 0.25) is 5.91 Å². The average molecular weight is 250 g/mol. The summed E-state index contributed by atoms with van der Waals surface area (Å²) in [5.74, 6) is -2.37. The van der Waals surface area contributed by atoms with Crippen LogP contribution in [0.15, 0.2) is 12.2 Å². The van der Waals surface area contributed by atoms with Gasteiger partial charge in [0, 0.05) is 18.4 Å². The van der Waals surface area contributed by atoms with Crippen LogP contribution >= 0.6 is 0 Å². The second-order valence-electron chi connectivity index (χ2n) is 5.83. The number of ether oxygens (including phenoxy) is 1. The Balaban J connectivity index is 1.92. The third-order valence-electron chi connectivity index (χ3n) is 4.04. The molecule has 2 bridgehead atoms. The molecule has 2 fully saturated rings. The zero-order valence-corrected chi connectivity index (χ0v) is 10.5. The predicted molar refractivity (Wildman–Crippen MR) is 60.1 cm³/mol. The first-order chi connectivity index (χ1) is 8.44. The number of carbonyl (C=O) groups excluding carboxylic acids is 2. The summed E-state index contributed by atoms with van der Waals surface area (Å²) < 4.78 is 5.75. The number of nitrogens with zero attached hydrogens (tertiary/aromatic N) is 1. The molecule has 3 heterocycles. The van der Waals surface area contributed by atoms with Crippen LogP contribution in [-0.2, 0) is 14.3 Å². The Kier molecular flexibility index (Phi) is 2.32. The fourth-order valence-electron chi connectivity index (χ4n) is 3.44. The summed E-state index contributed by atoms with van der Waals surface area (Å²) in [6.45, 7) is 5.16. The van der Waals surface area contributed by atoms with Gasteiger partial charge >= 0.3 is 0 Å². The molecule has 0 aromatic heterocycles. The van der Waals surface area contributed by atoms with Crippen LogP contribution in [0, 0.1) is 17.8 Å². The Hall–Kier alpha value is -1.36. The van der Waals surface area contributed by atoms with E-state index >= 15 is 0 Å². The molecule has 2 saturated heterocycles. The van der Waals surface area contributed by atoms with Crippen molar-refractivity contribution >= 4 is 11.9 Å². The molecule has 3 rings (SSSR count). The molecule has 5 nitrogen and oxygen atoms in total. The Morgan fingerprint density at radius 2 is 2.39 bits per heavy atom. The number of likely N-dealkylation sites (tertiary alicyclic amines) is 1. The minimum absolute atomic E-state index is 0.107. The first-order valence-corrected chi connectivity index (χ1v) is 6.31. The highest BCUT2D eigenvalue weighted by Crippen LogP contribution is 2.51. The number of carbonyl (C=O) groups is 2. The molecular formula is C13H16NO4-. The number of hydrogen-bond acceptors (Lipinski definition) is 4. The molecule has 0 N–H and O–H groups in total. The highest BCUT2D eigenvalue weighted by atomic mass is 16.5. The van der Waals surface area contributed by atoms with E-state index in [1.807, 2.05) is 19.9 Å². The SMILES string of the molecule is CC(C)CN1C[C@@]23C=C[C@H](O2)[C@H](C(=O)[O-])[C@H]3C1=O. The molecule has 0 aromatic rings. The van der Waals surface area contributed by atoms with Gasteiger partial charge in [-0.1, -0.05) is 26.0 Å². The van der Waals surface area contributed by atoms with Crippen molar-refractivity contribution in [3.8, 4) is 0 Å². The van der Waals surface area contributed by atoms with Gasteiger partial charge in [-0.15, -0.1) is 0 Å². The lowest BCUT2D eigenvalue weighted by Crippen LogP contribution is -2.45. The molecule has 5 heteroatoms. The van der Waals surface area contributed by atoms with Crippen LogP contribution in [0.3, 0.4) is 0 Å². The van der Waals surface area contributed by atoms with Gasteiger partial charge in [0.25, 0.3) is 0 Å². The summed E-state index contributed by atoms with van der Waals surface area (Å²) >= 11 is 0. The Labute approximate surface area is 105 Å². The van der Waals surface area contributed by atoms with Crippen LogP contribution in [0.25, 0.3) is 0 Å². The molecular weight excluding hydrogens is 234 g/mol. The van der Waals surface area contributed by atoms with Gasteiger partial charge in [0.15, 0.2) is 0 Å². The summed E-state index contributed by atoms with van der Waals surface area (Å²) in [7, 11) is 0. The molecule has 98 valence electrons. The number of hydrogen-bond donors (Lipinski definition) is 0. The maximum Gasteiger partial charge on any atom is 0.229 e. The third kappa shape index (κ3) is 1.37. The number of carboxylic acid groups (broad SMARTS) is 1. The topological polar surface area (TPSA) is 69.7 Å². The van der Waals surface area contributed by atoms with E-state index in [0.29, 0.717) is 19.0 Å². The van der Waals surface area contributed by atoms with E-state index in [4.69, 9.17) is 4.74 Å². The summed E-state index contributed by atoms with van der Waals surface area (Å²) in [6, 6.07) is 0. The van der Waals surface area contributed by atoms with Crippen molar-refractivity contribution in [3.05, 3.63) is 12.2 Å². The molecule has 3 aliphatic rings. The Morgan fingerprint density at radius 1 is 1.67 bits per heavy atom. The molecule has 1 amide bonds. The standard InChI is InChI=1S/C13H17NO4/c1-7(2)5-14-6-13-4-3-8(18-13)9(12(16)17)10(13)11(14)15/h3-4,7-10H,5-6H2,1-2H3,(H,16,17)/p-1/t8-,9-,10-,13+/m0/s1. The van der Waals surface area contributed by atoms with Crippen molar-refractivity contribution in [1.82, 2.24) is 4.90 Å². The van der Waals surface area contributed by atoms with Crippen molar-refractivity contribution in [2.45, 2.75) is 25.6 Å². The number of amides is 1. The van der Waals surface area contributed by atoms with Gasteiger partial charge in [0.05, 0.1) is 18.6 Å². The minimum atomic E-state index is -1.18. The van der Waals surface area contributed by atoms with Gasteiger partial charge in [-0.25, -0.2) is 0 Å². The van der Waals surface area contributed by atoms with Crippen LogP contribution in [0.5, 0.6) is 0 Å². The largest absolute Gasteiger partial charge is 0.550 e. The van der Waals surface area contributed by atoms with Crippen LogP contribution < -0.4 is 5.11 Å². The van der Waals surface area contributed by atoms with Crippen molar-refractivity contribution in [2.75, 3.05) is 13.1 Å². The first-order valence-electron chi connectivity index (χ1n) is 6.31. The molecule has 1 spiro atoms. The normalized spacial score (nSPS) is 40.9. The quantitative estimate of drug-likeness (QED) is 0.613. The molecule has 3 aliphatic heterocycles. The summed E-state index contributed by atoms with van der Waals surface area (Å²) in [6.07, 6.45) is 3.12.